The van der Waals surface area contributed by atoms with Crippen molar-refractivity contribution < 1.29 is 0 Å². The van der Waals surface area contributed by atoms with Crippen LogP contribution in [0.1, 0.15) is 25.7 Å². The van der Waals surface area contributed by atoms with Crippen molar-refractivity contribution in [3.63, 3.8) is 0 Å². The SMILES string of the molecule is CSCc1ncc(Br)n1C(C)C. The highest BCUT2D eigenvalue weighted by Crippen LogP contribution is 2.20. The van der Waals surface area contributed by atoms with Crippen LogP contribution >= 0.6 is 27.7 Å². The predicted octanol–water partition coefficient (Wildman–Crippen LogP) is 3.09. The molecule has 4 heteroatoms. The van der Waals surface area contributed by atoms with Crippen molar-refractivity contribution in [1.82, 2.24) is 9.55 Å². The summed E-state index contributed by atoms with van der Waals surface area (Å²) in [5, 5.41) is 0. The van der Waals surface area contributed by atoms with Crippen LogP contribution in [-0.2, 0) is 5.75 Å². The fourth-order valence-corrected chi connectivity index (χ4v) is 2.34. The Morgan fingerprint density at radius 3 is 2.83 bits per heavy atom. The zero-order valence-corrected chi connectivity index (χ0v) is 9.94. The summed E-state index contributed by atoms with van der Waals surface area (Å²) in [6.07, 6.45) is 3.96. The topological polar surface area (TPSA) is 17.8 Å². The Kier molecular flexibility index (Phi) is 3.65. The van der Waals surface area contributed by atoms with E-state index in [0.717, 1.165) is 16.2 Å². The third-order valence-electron chi connectivity index (χ3n) is 1.62. The fraction of sp³-hybridized carbons (Fsp3) is 0.625. The first kappa shape index (κ1) is 10.1. The Balaban J connectivity index is 2.95. The summed E-state index contributed by atoms with van der Waals surface area (Å²) in [5.41, 5.74) is 0. The van der Waals surface area contributed by atoms with Crippen molar-refractivity contribution in [2.75, 3.05) is 6.26 Å². The Bertz CT molecular complexity index is 258. The summed E-state index contributed by atoms with van der Waals surface area (Å²) in [6, 6.07) is 0.476. The minimum Gasteiger partial charge on any atom is -0.320 e. The molecule has 0 amide bonds. The molecule has 1 rings (SSSR count). The molecule has 0 saturated carbocycles. The molecular weight excluding hydrogens is 236 g/mol. The van der Waals surface area contributed by atoms with E-state index >= 15 is 0 Å². The van der Waals surface area contributed by atoms with E-state index < -0.39 is 0 Å². The van der Waals surface area contributed by atoms with Crippen LogP contribution in [0.3, 0.4) is 0 Å². The Labute approximate surface area is 85.9 Å². The normalized spacial score (nSPS) is 11.1. The van der Waals surface area contributed by atoms with Crippen LogP contribution in [0.25, 0.3) is 0 Å². The van der Waals surface area contributed by atoms with E-state index in [4.69, 9.17) is 0 Å². The van der Waals surface area contributed by atoms with E-state index in [0.29, 0.717) is 6.04 Å². The highest BCUT2D eigenvalue weighted by molar-refractivity contribution is 9.10. The maximum Gasteiger partial charge on any atom is 0.119 e. The molecule has 0 N–H and O–H groups in total. The monoisotopic (exact) mass is 248 g/mol. The van der Waals surface area contributed by atoms with Crippen molar-refractivity contribution in [3.05, 3.63) is 16.6 Å². The van der Waals surface area contributed by atoms with Crippen molar-refractivity contribution in [2.24, 2.45) is 0 Å². The molecule has 12 heavy (non-hydrogen) atoms. The number of hydrogen-bond acceptors (Lipinski definition) is 2. The third kappa shape index (κ3) is 2.04. The van der Waals surface area contributed by atoms with Crippen molar-refractivity contribution in [1.29, 1.82) is 0 Å². The summed E-state index contributed by atoms with van der Waals surface area (Å²) in [4.78, 5) is 4.32. The van der Waals surface area contributed by atoms with Gasteiger partial charge in [0.05, 0.1) is 11.9 Å². The minimum absolute atomic E-state index is 0.476. The molecule has 68 valence electrons. The Morgan fingerprint density at radius 1 is 1.67 bits per heavy atom. The van der Waals surface area contributed by atoms with Gasteiger partial charge in [-0.1, -0.05) is 0 Å². The molecule has 0 aliphatic carbocycles. The number of aromatic nitrogens is 2. The van der Waals surface area contributed by atoms with Crippen molar-refractivity contribution in [2.45, 2.75) is 25.6 Å². The minimum atomic E-state index is 0.476. The number of halogens is 1. The van der Waals surface area contributed by atoms with Crippen molar-refractivity contribution >= 4 is 27.7 Å². The molecule has 0 unspecified atom stereocenters. The van der Waals surface area contributed by atoms with E-state index in [1.165, 1.54) is 0 Å². The zero-order chi connectivity index (χ0) is 9.14. The van der Waals surface area contributed by atoms with Crippen LogP contribution in [-0.4, -0.2) is 15.8 Å². The lowest BCUT2D eigenvalue weighted by atomic mass is 10.4. The lowest BCUT2D eigenvalue weighted by Gasteiger charge is -2.11. The van der Waals surface area contributed by atoms with Gasteiger partial charge in [-0.05, 0) is 36.0 Å². The van der Waals surface area contributed by atoms with E-state index in [1.54, 1.807) is 11.8 Å². The molecule has 1 aromatic heterocycles. The van der Waals surface area contributed by atoms with Gasteiger partial charge in [0.15, 0.2) is 0 Å². The zero-order valence-electron chi connectivity index (χ0n) is 7.54. The van der Waals surface area contributed by atoms with Crippen LogP contribution < -0.4 is 0 Å². The van der Waals surface area contributed by atoms with E-state index in [1.807, 2.05) is 6.20 Å². The average Bonchev–Trinajstić information content (AvgIpc) is 2.32. The second kappa shape index (κ2) is 4.33. The van der Waals surface area contributed by atoms with Gasteiger partial charge in [0.1, 0.15) is 10.4 Å². The summed E-state index contributed by atoms with van der Waals surface area (Å²) < 4.78 is 3.28. The second-order valence-corrected chi connectivity index (χ2v) is 4.57. The van der Waals surface area contributed by atoms with Gasteiger partial charge in [0, 0.05) is 6.04 Å². The van der Waals surface area contributed by atoms with Gasteiger partial charge in [0.2, 0.25) is 0 Å². The first-order valence-electron chi connectivity index (χ1n) is 3.87. The average molecular weight is 249 g/mol. The first-order chi connectivity index (χ1) is 5.66. The van der Waals surface area contributed by atoms with Gasteiger partial charge in [-0.2, -0.15) is 11.8 Å². The quantitative estimate of drug-likeness (QED) is 0.819. The molecule has 0 aliphatic heterocycles. The second-order valence-electron chi connectivity index (χ2n) is 2.89. The molecule has 0 saturated heterocycles. The molecule has 0 fully saturated rings. The van der Waals surface area contributed by atoms with Crippen LogP contribution in [0.15, 0.2) is 10.8 Å². The summed E-state index contributed by atoms with van der Waals surface area (Å²) in [5.74, 6) is 2.12. The van der Waals surface area contributed by atoms with Gasteiger partial charge < -0.3 is 4.57 Å². The van der Waals surface area contributed by atoms with Gasteiger partial charge in [0.25, 0.3) is 0 Å². The molecule has 0 bridgehead atoms. The van der Waals surface area contributed by atoms with Gasteiger partial charge in [-0.15, -0.1) is 0 Å². The smallest absolute Gasteiger partial charge is 0.119 e. The molecule has 0 atom stereocenters. The fourth-order valence-electron chi connectivity index (χ4n) is 1.16. The largest absolute Gasteiger partial charge is 0.320 e. The third-order valence-corrected chi connectivity index (χ3v) is 2.75. The van der Waals surface area contributed by atoms with Crippen LogP contribution in [0, 0.1) is 0 Å². The Hall–Kier alpha value is 0.0400. The molecule has 1 heterocycles. The first-order valence-corrected chi connectivity index (χ1v) is 6.06. The van der Waals surface area contributed by atoms with Gasteiger partial charge >= 0.3 is 0 Å². The van der Waals surface area contributed by atoms with Gasteiger partial charge in [-0.25, -0.2) is 4.98 Å². The number of nitrogens with zero attached hydrogens (tertiary/aromatic N) is 2. The molecule has 2 nitrogen and oxygen atoms in total. The Morgan fingerprint density at radius 2 is 2.33 bits per heavy atom. The molecule has 0 spiro atoms. The number of thioether (sulfide) groups is 1. The van der Waals surface area contributed by atoms with Crippen LogP contribution in [0.4, 0.5) is 0 Å². The molecule has 1 aromatic rings. The number of rotatable bonds is 3. The van der Waals surface area contributed by atoms with Crippen LogP contribution in [0.5, 0.6) is 0 Å². The molecule has 0 aliphatic rings. The summed E-state index contributed by atoms with van der Waals surface area (Å²) in [7, 11) is 0. The number of imidazole rings is 1. The molecular formula is C8H13BrN2S. The predicted molar refractivity (Wildman–Crippen MR) is 57.5 cm³/mol. The van der Waals surface area contributed by atoms with E-state index in [-0.39, 0.29) is 0 Å². The lowest BCUT2D eigenvalue weighted by molar-refractivity contribution is 0.570. The van der Waals surface area contributed by atoms with E-state index in [9.17, 15) is 0 Å². The summed E-state index contributed by atoms with van der Waals surface area (Å²) in [6.45, 7) is 4.33. The molecule has 0 radical (unpaired) electrons. The van der Waals surface area contributed by atoms with Gasteiger partial charge in [-0.3, -0.25) is 0 Å². The highest BCUT2D eigenvalue weighted by Gasteiger charge is 2.09. The van der Waals surface area contributed by atoms with E-state index in [2.05, 4.69) is 45.6 Å². The maximum atomic E-state index is 4.32. The van der Waals surface area contributed by atoms with Crippen molar-refractivity contribution in [3.8, 4) is 0 Å². The highest BCUT2D eigenvalue weighted by atomic mass is 79.9. The standard InChI is InChI=1S/C8H13BrN2S/c1-6(2)11-7(9)4-10-8(11)5-12-3/h4,6H,5H2,1-3H3. The number of hydrogen-bond donors (Lipinski definition) is 0. The summed E-state index contributed by atoms with van der Waals surface area (Å²) >= 11 is 5.27. The molecule has 0 aromatic carbocycles. The maximum absolute atomic E-state index is 4.32. The lowest BCUT2D eigenvalue weighted by Crippen LogP contribution is -2.05. The van der Waals surface area contributed by atoms with Crippen LogP contribution in [0.2, 0.25) is 0 Å².